The predicted octanol–water partition coefficient (Wildman–Crippen LogP) is 1.84. The summed E-state index contributed by atoms with van der Waals surface area (Å²) in [6.07, 6.45) is 2.73. The molecule has 4 heteroatoms. The minimum absolute atomic E-state index is 0.192. The van der Waals surface area contributed by atoms with Crippen molar-refractivity contribution in [3.05, 3.63) is 35.9 Å². The molecule has 0 heterocycles. The Hall–Kier alpha value is -2.10. The molecule has 0 aliphatic carbocycles. The summed E-state index contributed by atoms with van der Waals surface area (Å²) >= 11 is 0. The van der Waals surface area contributed by atoms with Gasteiger partial charge in [-0.05, 0) is 30.7 Å². The van der Waals surface area contributed by atoms with E-state index in [2.05, 4.69) is 4.74 Å². The van der Waals surface area contributed by atoms with Gasteiger partial charge in [-0.1, -0.05) is 18.2 Å². The standard InChI is InChI=1S/C13H14O4/c1-3-17-13(15)12(14)8-7-10-5-4-6-11(9-10)16-2/h4-9H,3H2,1-2H3/b8-7+. The van der Waals surface area contributed by atoms with Crippen LogP contribution in [-0.2, 0) is 14.3 Å². The SMILES string of the molecule is CCOC(=O)C(=O)/C=C/c1cccc(OC)c1. The van der Waals surface area contributed by atoms with Gasteiger partial charge < -0.3 is 9.47 Å². The van der Waals surface area contributed by atoms with Crippen molar-refractivity contribution in [3.63, 3.8) is 0 Å². The minimum atomic E-state index is -0.841. The van der Waals surface area contributed by atoms with Gasteiger partial charge in [0.1, 0.15) is 5.75 Å². The van der Waals surface area contributed by atoms with Crippen LogP contribution in [0.5, 0.6) is 5.75 Å². The third kappa shape index (κ3) is 4.10. The maximum absolute atomic E-state index is 11.3. The van der Waals surface area contributed by atoms with Gasteiger partial charge in [-0.3, -0.25) is 4.79 Å². The van der Waals surface area contributed by atoms with Crippen molar-refractivity contribution in [1.29, 1.82) is 0 Å². The van der Waals surface area contributed by atoms with Crippen molar-refractivity contribution in [2.24, 2.45) is 0 Å². The van der Waals surface area contributed by atoms with Gasteiger partial charge in [0.25, 0.3) is 5.78 Å². The first-order chi connectivity index (χ1) is 8.17. The van der Waals surface area contributed by atoms with E-state index in [1.54, 1.807) is 44.4 Å². The molecule has 0 saturated carbocycles. The number of esters is 1. The fourth-order valence-electron chi connectivity index (χ4n) is 1.19. The maximum Gasteiger partial charge on any atom is 0.379 e. The fraction of sp³-hybridized carbons (Fsp3) is 0.231. The van der Waals surface area contributed by atoms with Crippen molar-refractivity contribution in [2.75, 3.05) is 13.7 Å². The highest BCUT2D eigenvalue weighted by molar-refractivity contribution is 6.39. The zero-order chi connectivity index (χ0) is 12.7. The van der Waals surface area contributed by atoms with Gasteiger partial charge in [0, 0.05) is 0 Å². The van der Waals surface area contributed by atoms with Crippen LogP contribution in [0.1, 0.15) is 12.5 Å². The Morgan fingerprint density at radius 2 is 2.12 bits per heavy atom. The second kappa shape index (κ2) is 6.48. The van der Waals surface area contributed by atoms with Crippen molar-refractivity contribution in [3.8, 4) is 5.75 Å². The molecule has 17 heavy (non-hydrogen) atoms. The molecule has 0 aliphatic heterocycles. The van der Waals surface area contributed by atoms with Gasteiger partial charge in [-0.25, -0.2) is 4.79 Å². The van der Waals surface area contributed by atoms with Crippen molar-refractivity contribution < 1.29 is 19.1 Å². The third-order valence-corrected chi connectivity index (χ3v) is 2.00. The lowest BCUT2D eigenvalue weighted by Crippen LogP contribution is -2.14. The van der Waals surface area contributed by atoms with Crippen LogP contribution < -0.4 is 4.74 Å². The predicted molar refractivity (Wildman–Crippen MR) is 63.7 cm³/mol. The summed E-state index contributed by atoms with van der Waals surface area (Å²) in [5.41, 5.74) is 0.780. The van der Waals surface area contributed by atoms with Crippen LogP contribution in [0.3, 0.4) is 0 Å². The summed E-state index contributed by atoms with van der Waals surface area (Å²) in [5, 5.41) is 0. The van der Waals surface area contributed by atoms with Crippen LogP contribution in [0.25, 0.3) is 6.08 Å². The lowest BCUT2D eigenvalue weighted by Gasteiger charge is -2.00. The molecule has 0 unspecified atom stereocenters. The zero-order valence-corrected chi connectivity index (χ0v) is 9.80. The second-order valence-corrected chi connectivity index (χ2v) is 3.19. The first kappa shape index (κ1) is 13.0. The normalized spacial score (nSPS) is 10.2. The summed E-state index contributed by atoms with van der Waals surface area (Å²) in [7, 11) is 1.56. The molecule has 0 atom stereocenters. The van der Waals surface area contributed by atoms with Gasteiger partial charge in [-0.2, -0.15) is 0 Å². The van der Waals surface area contributed by atoms with Crippen molar-refractivity contribution in [1.82, 2.24) is 0 Å². The van der Waals surface area contributed by atoms with E-state index in [4.69, 9.17) is 4.74 Å². The topological polar surface area (TPSA) is 52.6 Å². The first-order valence-electron chi connectivity index (χ1n) is 5.20. The number of carbonyl (C=O) groups excluding carboxylic acids is 2. The Morgan fingerprint density at radius 3 is 2.76 bits per heavy atom. The zero-order valence-electron chi connectivity index (χ0n) is 9.80. The quantitative estimate of drug-likeness (QED) is 0.443. The molecule has 0 bridgehead atoms. The van der Waals surface area contributed by atoms with Gasteiger partial charge in [0.05, 0.1) is 13.7 Å². The fourth-order valence-corrected chi connectivity index (χ4v) is 1.19. The monoisotopic (exact) mass is 234 g/mol. The molecule has 0 aliphatic rings. The Balaban J connectivity index is 2.69. The van der Waals surface area contributed by atoms with Crippen LogP contribution in [0.4, 0.5) is 0 Å². The van der Waals surface area contributed by atoms with E-state index < -0.39 is 11.8 Å². The molecular weight excluding hydrogens is 220 g/mol. The molecule has 90 valence electrons. The van der Waals surface area contributed by atoms with E-state index >= 15 is 0 Å². The minimum Gasteiger partial charge on any atom is -0.497 e. The van der Waals surface area contributed by atoms with E-state index in [9.17, 15) is 9.59 Å². The largest absolute Gasteiger partial charge is 0.497 e. The van der Waals surface area contributed by atoms with E-state index in [1.807, 2.05) is 0 Å². The number of methoxy groups -OCH3 is 1. The highest BCUT2D eigenvalue weighted by Gasteiger charge is 2.10. The van der Waals surface area contributed by atoms with E-state index in [1.165, 1.54) is 6.08 Å². The second-order valence-electron chi connectivity index (χ2n) is 3.19. The molecule has 1 aromatic rings. The molecule has 0 spiro atoms. The molecule has 1 rings (SSSR count). The van der Waals surface area contributed by atoms with Crippen LogP contribution >= 0.6 is 0 Å². The summed E-state index contributed by atoms with van der Waals surface area (Å²) in [4.78, 5) is 22.3. The van der Waals surface area contributed by atoms with Crippen LogP contribution in [0.15, 0.2) is 30.3 Å². The Morgan fingerprint density at radius 1 is 1.35 bits per heavy atom. The van der Waals surface area contributed by atoms with E-state index in [-0.39, 0.29) is 6.61 Å². The molecule has 0 N–H and O–H groups in total. The number of carbonyl (C=O) groups is 2. The molecule has 1 aromatic carbocycles. The van der Waals surface area contributed by atoms with Crippen LogP contribution in [0.2, 0.25) is 0 Å². The summed E-state index contributed by atoms with van der Waals surface area (Å²) in [6.45, 7) is 1.84. The number of hydrogen-bond donors (Lipinski definition) is 0. The number of benzene rings is 1. The van der Waals surface area contributed by atoms with Gasteiger partial charge in [-0.15, -0.1) is 0 Å². The maximum atomic E-state index is 11.3. The highest BCUT2D eigenvalue weighted by atomic mass is 16.5. The van der Waals surface area contributed by atoms with E-state index in [0.717, 1.165) is 5.56 Å². The third-order valence-electron chi connectivity index (χ3n) is 2.00. The Labute approximate surface area is 99.8 Å². The summed E-state index contributed by atoms with van der Waals surface area (Å²) < 4.78 is 9.61. The Kier molecular flexibility index (Phi) is 4.94. The van der Waals surface area contributed by atoms with Crippen molar-refractivity contribution in [2.45, 2.75) is 6.92 Å². The van der Waals surface area contributed by atoms with Gasteiger partial charge >= 0.3 is 5.97 Å². The lowest BCUT2D eigenvalue weighted by atomic mass is 10.2. The number of ketones is 1. The van der Waals surface area contributed by atoms with Gasteiger partial charge in [0.2, 0.25) is 0 Å². The molecule has 0 fully saturated rings. The van der Waals surface area contributed by atoms with Gasteiger partial charge in [0.15, 0.2) is 0 Å². The Bertz CT molecular complexity index is 435. The molecule has 4 nitrogen and oxygen atoms in total. The molecular formula is C13H14O4. The smallest absolute Gasteiger partial charge is 0.379 e. The molecule has 0 aromatic heterocycles. The van der Waals surface area contributed by atoms with E-state index in [0.29, 0.717) is 5.75 Å². The summed E-state index contributed by atoms with van der Waals surface area (Å²) in [6, 6.07) is 7.16. The number of ether oxygens (including phenoxy) is 2. The van der Waals surface area contributed by atoms with Crippen molar-refractivity contribution >= 4 is 17.8 Å². The average Bonchev–Trinajstić information content (AvgIpc) is 2.36. The number of rotatable bonds is 5. The lowest BCUT2D eigenvalue weighted by molar-refractivity contribution is -0.151. The number of hydrogen-bond acceptors (Lipinski definition) is 4. The summed E-state index contributed by atoms with van der Waals surface area (Å²) in [5.74, 6) is -0.822. The first-order valence-corrected chi connectivity index (χ1v) is 5.20. The van der Waals surface area contributed by atoms with Crippen LogP contribution in [-0.4, -0.2) is 25.5 Å². The average molecular weight is 234 g/mol. The molecule has 0 saturated heterocycles. The highest BCUT2D eigenvalue weighted by Crippen LogP contribution is 2.13. The van der Waals surface area contributed by atoms with Crippen LogP contribution in [0, 0.1) is 0 Å². The molecule has 0 radical (unpaired) electrons. The molecule has 0 amide bonds.